The number of hydrogen-bond acceptors (Lipinski definition) is 3. The Hall–Kier alpha value is -2.08. The van der Waals surface area contributed by atoms with Gasteiger partial charge in [0.1, 0.15) is 5.82 Å². The molecular weight excluding hydrogens is 279 g/mol. The number of benzene rings is 1. The highest BCUT2D eigenvalue weighted by atomic mass is 19.4. The van der Waals surface area contributed by atoms with Gasteiger partial charge >= 0.3 is 6.18 Å². The fraction of sp³-hybridized carbons (Fsp3) is 0.267. The maximum Gasteiger partial charge on any atom is 0.416 e. The van der Waals surface area contributed by atoms with Gasteiger partial charge in [-0.3, -0.25) is 0 Å². The van der Waals surface area contributed by atoms with Crippen molar-refractivity contribution in [3.05, 3.63) is 53.7 Å². The Labute approximate surface area is 121 Å². The van der Waals surface area contributed by atoms with Crippen molar-refractivity contribution in [2.45, 2.75) is 19.6 Å². The molecular formula is C15H16F3N3. The van der Waals surface area contributed by atoms with Gasteiger partial charge in [0, 0.05) is 24.0 Å². The molecule has 21 heavy (non-hydrogen) atoms. The summed E-state index contributed by atoms with van der Waals surface area (Å²) in [4.78, 5) is 4.19. The first-order valence-electron chi connectivity index (χ1n) is 6.59. The smallest absolute Gasteiger partial charge is 0.340 e. The van der Waals surface area contributed by atoms with Crippen molar-refractivity contribution < 1.29 is 13.2 Å². The second kappa shape index (κ2) is 6.58. The minimum absolute atomic E-state index is 0.362. The average Bonchev–Trinajstić information content (AvgIpc) is 2.46. The largest absolute Gasteiger partial charge is 0.416 e. The lowest BCUT2D eigenvalue weighted by molar-refractivity contribution is -0.137. The molecule has 0 atom stereocenters. The van der Waals surface area contributed by atoms with Crippen LogP contribution in [-0.4, -0.2) is 11.5 Å². The van der Waals surface area contributed by atoms with Crippen molar-refractivity contribution in [3.63, 3.8) is 0 Å². The molecule has 1 aromatic carbocycles. The van der Waals surface area contributed by atoms with Gasteiger partial charge in [0.25, 0.3) is 0 Å². The molecule has 6 heteroatoms. The molecule has 0 unspecified atom stereocenters. The van der Waals surface area contributed by atoms with Crippen molar-refractivity contribution in [1.29, 1.82) is 0 Å². The van der Waals surface area contributed by atoms with Crippen molar-refractivity contribution in [2.24, 2.45) is 0 Å². The first-order chi connectivity index (χ1) is 10.0. The Kier molecular flexibility index (Phi) is 4.80. The number of nitrogens with one attached hydrogen (secondary N) is 2. The minimum Gasteiger partial charge on any atom is -0.340 e. The molecule has 3 nitrogen and oxygen atoms in total. The van der Waals surface area contributed by atoms with E-state index in [1.54, 1.807) is 18.3 Å². The van der Waals surface area contributed by atoms with Gasteiger partial charge in [-0.05, 0) is 30.8 Å². The number of aromatic nitrogens is 1. The van der Waals surface area contributed by atoms with E-state index in [0.29, 0.717) is 18.1 Å². The van der Waals surface area contributed by atoms with Crippen molar-refractivity contribution in [3.8, 4) is 0 Å². The van der Waals surface area contributed by atoms with Crippen LogP contribution >= 0.6 is 0 Å². The summed E-state index contributed by atoms with van der Waals surface area (Å²) in [6.07, 6.45) is -2.75. The first kappa shape index (κ1) is 15.3. The van der Waals surface area contributed by atoms with Gasteiger partial charge in [-0.1, -0.05) is 19.1 Å². The molecule has 0 bridgehead atoms. The molecule has 0 amide bonds. The number of alkyl halides is 3. The van der Waals surface area contributed by atoms with E-state index in [1.165, 1.54) is 6.07 Å². The summed E-state index contributed by atoms with van der Waals surface area (Å²) in [5.41, 5.74) is 0.578. The average molecular weight is 295 g/mol. The summed E-state index contributed by atoms with van der Waals surface area (Å²) in [5, 5.41) is 6.11. The number of nitrogens with zero attached hydrogens (tertiary/aromatic N) is 1. The predicted octanol–water partition coefficient (Wildman–Crippen LogP) is 3.95. The van der Waals surface area contributed by atoms with Crippen LogP contribution in [0.1, 0.15) is 18.1 Å². The van der Waals surface area contributed by atoms with Crippen molar-refractivity contribution in [1.82, 2.24) is 10.3 Å². The second-order valence-electron chi connectivity index (χ2n) is 4.50. The van der Waals surface area contributed by atoms with Gasteiger partial charge in [-0.15, -0.1) is 0 Å². The maximum atomic E-state index is 12.7. The summed E-state index contributed by atoms with van der Waals surface area (Å²) in [7, 11) is 0. The topological polar surface area (TPSA) is 37.0 Å². The van der Waals surface area contributed by atoms with Gasteiger partial charge in [0.05, 0.1) is 5.56 Å². The molecule has 1 aromatic heterocycles. The normalized spacial score (nSPS) is 11.4. The highest BCUT2D eigenvalue weighted by molar-refractivity contribution is 5.60. The van der Waals surface area contributed by atoms with Gasteiger partial charge in [0.2, 0.25) is 0 Å². The van der Waals surface area contributed by atoms with Crippen LogP contribution in [0.3, 0.4) is 0 Å². The zero-order valence-electron chi connectivity index (χ0n) is 11.5. The van der Waals surface area contributed by atoms with Gasteiger partial charge < -0.3 is 10.6 Å². The number of rotatable bonds is 5. The Bertz CT molecular complexity index is 597. The van der Waals surface area contributed by atoms with E-state index in [-0.39, 0.29) is 0 Å². The number of halogens is 3. The highest BCUT2D eigenvalue weighted by Crippen LogP contribution is 2.31. The van der Waals surface area contributed by atoms with E-state index in [1.807, 2.05) is 13.0 Å². The zero-order chi connectivity index (χ0) is 15.3. The van der Waals surface area contributed by atoms with Gasteiger partial charge in [-0.2, -0.15) is 13.2 Å². The molecule has 0 saturated carbocycles. The fourth-order valence-corrected chi connectivity index (χ4v) is 1.86. The van der Waals surface area contributed by atoms with E-state index in [2.05, 4.69) is 15.6 Å². The standard InChI is InChI=1S/C15H16F3N3/c1-2-19-10-11-5-4-8-20-14(11)21-13-7-3-6-12(9-13)15(16,17)18/h3-9,19H,2,10H2,1H3,(H,20,21). The van der Waals surface area contributed by atoms with E-state index in [9.17, 15) is 13.2 Å². The SMILES string of the molecule is CCNCc1cccnc1Nc1cccc(C(F)(F)F)c1. The lowest BCUT2D eigenvalue weighted by Gasteiger charge is -2.13. The molecule has 0 spiro atoms. The predicted molar refractivity (Wildman–Crippen MR) is 76.3 cm³/mol. The van der Waals surface area contributed by atoms with E-state index in [4.69, 9.17) is 0 Å². The summed E-state index contributed by atoms with van der Waals surface area (Å²) >= 11 is 0. The lowest BCUT2D eigenvalue weighted by Crippen LogP contribution is -2.13. The monoisotopic (exact) mass is 295 g/mol. The van der Waals surface area contributed by atoms with E-state index >= 15 is 0 Å². The Morgan fingerprint density at radius 2 is 1.95 bits per heavy atom. The number of hydrogen-bond donors (Lipinski definition) is 2. The van der Waals surface area contributed by atoms with E-state index in [0.717, 1.165) is 24.2 Å². The minimum atomic E-state index is -4.35. The van der Waals surface area contributed by atoms with Crippen LogP contribution in [0, 0.1) is 0 Å². The Balaban J connectivity index is 2.22. The number of anilines is 2. The molecule has 0 aliphatic rings. The summed E-state index contributed by atoms with van der Waals surface area (Å²) in [5.74, 6) is 0.553. The van der Waals surface area contributed by atoms with Crippen LogP contribution in [0.5, 0.6) is 0 Å². The number of pyridine rings is 1. The molecule has 112 valence electrons. The van der Waals surface area contributed by atoms with E-state index < -0.39 is 11.7 Å². The summed E-state index contributed by atoms with van der Waals surface area (Å²) in [6.45, 7) is 3.39. The zero-order valence-corrected chi connectivity index (χ0v) is 11.5. The van der Waals surface area contributed by atoms with Crippen LogP contribution in [0.2, 0.25) is 0 Å². The fourth-order valence-electron chi connectivity index (χ4n) is 1.86. The highest BCUT2D eigenvalue weighted by Gasteiger charge is 2.30. The van der Waals surface area contributed by atoms with Crippen LogP contribution < -0.4 is 10.6 Å². The van der Waals surface area contributed by atoms with Gasteiger partial charge in [0.15, 0.2) is 0 Å². The molecule has 0 fully saturated rings. The van der Waals surface area contributed by atoms with Crippen LogP contribution in [-0.2, 0) is 12.7 Å². The third kappa shape index (κ3) is 4.19. The van der Waals surface area contributed by atoms with Crippen LogP contribution in [0.15, 0.2) is 42.6 Å². The van der Waals surface area contributed by atoms with Crippen LogP contribution in [0.4, 0.5) is 24.7 Å². The van der Waals surface area contributed by atoms with Gasteiger partial charge in [-0.25, -0.2) is 4.98 Å². The maximum absolute atomic E-state index is 12.7. The second-order valence-corrected chi connectivity index (χ2v) is 4.50. The van der Waals surface area contributed by atoms with Crippen molar-refractivity contribution in [2.75, 3.05) is 11.9 Å². The summed E-state index contributed by atoms with van der Waals surface area (Å²) in [6, 6.07) is 8.75. The molecule has 0 radical (unpaired) electrons. The van der Waals surface area contributed by atoms with Crippen LogP contribution in [0.25, 0.3) is 0 Å². The molecule has 1 heterocycles. The molecule has 2 rings (SSSR count). The summed E-state index contributed by atoms with van der Waals surface area (Å²) < 4.78 is 38.1. The third-order valence-electron chi connectivity index (χ3n) is 2.91. The Morgan fingerprint density at radius 1 is 1.14 bits per heavy atom. The quantitative estimate of drug-likeness (QED) is 0.877. The third-order valence-corrected chi connectivity index (χ3v) is 2.91. The molecule has 0 aliphatic carbocycles. The molecule has 0 saturated heterocycles. The first-order valence-corrected chi connectivity index (χ1v) is 6.59. The molecule has 2 N–H and O–H groups in total. The molecule has 2 aromatic rings. The van der Waals surface area contributed by atoms with Crippen molar-refractivity contribution >= 4 is 11.5 Å². The molecule has 0 aliphatic heterocycles. The lowest BCUT2D eigenvalue weighted by atomic mass is 10.2. The Morgan fingerprint density at radius 3 is 2.67 bits per heavy atom.